The van der Waals surface area contributed by atoms with Gasteiger partial charge in [0.25, 0.3) is 0 Å². The van der Waals surface area contributed by atoms with Gasteiger partial charge in [-0.25, -0.2) is 4.79 Å². The van der Waals surface area contributed by atoms with Crippen molar-refractivity contribution in [3.8, 4) is 17.2 Å². The lowest BCUT2D eigenvalue weighted by Crippen LogP contribution is -2.15. The van der Waals surface area contributed by atoms with Crippen LogP contribution in [0.2, 0.25) is 5.02 Å². The minimum Gasteiger partial charge on any atom is -0.496 e. The van der Waals surface area contributed by atoms with E-state index in [1.54, 1.807) is 24.3 Å². The number of hydrogen-bond donors (Lipinski definition) is 0. The number of ketones is 1. The number of benzene rings is 2. The molecule has 0 saturated carbocycles. The fourth-order valence-corrected chi connectivity index (χ4v) is 2.31. The first-order valence-corrected chi connectivity index (χ1v) is 7.63. The van der Waals surface area contributed by atoms with Crippen molar-refractivity contribution in [2.75, 3.05) is 27.9 Å². The van der Waals surface area contributed by atoms with Crippen molar-refractivity contribution in [2.45, 2.75) is 0 Å². The van der Waals surface area contributed by atoms with Crippen LogP contribution in [0.3, 0.4) is 0 Å². The Morgan fingerprint density at radius 2 is 1.52 bits per heavy atom. The molecule has 0 fully saturated rings. The van der Waals surface area contributed by atoms with E-state index in [1.165, 1.54) is 33.5 Å². The van der Waals surface area contributed by atoms with Gasteiger partial charge in [-0.3, -0.25) is 4.79 Å². The summed E-state index contributed by atoms with van der Waals surface area (Å²) in [5, 5.41) is 0.360. The molecule has 2 aromatic rings. The van der Waals surface area contributed by atoms with E-state index in [0.29, 0.717) is 27.8 Å². The summed E-state index contributed by atoms with van der Waals surface area (Å²) in [4.78, 5) is 24.4. The fourth-order valence-electron chi connectivity index (χ4n) is 2.14. The van der Waals surface area contributed by atoms with E-state index in [9.17, 15) is 9.59 Å². The Morgan fingerprint density at radius 3 is 2.16 bits per heavy atom. The standard InChI is InChI=1S/C18H17ClO6/c1-22-15-7-5-12(19)9-13(15)18(21)25-10-14(20)11-4-6-16(23-2)17(8-11)24-3/h4-9H,10H2,1-3H3. The third kappa shape index (κ3) is 4.42. The zero-order valence-corrected chi connectivity index (χ0v) is 14.8. The smallest absolute Gasteiger partial charge is 0.342 e. The molecule has 0 unspecified atom stereocenters. The van der Waals surface area contributed by atoms with Gasteiger partial charge >= 0.3 is 5.97 Å². The first kappa shape index (κ1) is 18.6. The zero-order valence-electron chi connectivity index (χ0n) is 14.0. The van der Waals surface area contributed by atoms with Crippen molar-refractivity contribution in [1.29, 1.82) is 0 Å². The average molecular weight is 365 g/mol. The molecule has 0 amide bonds. The molecule has 0 saturated heterocycles. The molecule has 0 aliphatic carbocycles. The maximum Gasteiger partial charge on any atom is 0.342 e. The summed E-state index contributed by atoms with van der Waals surface area (Å²) < 4.78 is 20.4. The highest BCUT2D eigenvalue weighted by Crippen LogP contribution is 2.28. The second kappa shape index (κ2) is 8.39. The molecule has 2 aromatic carbocycles. The van der Waals surface area contributed by atoms with Gasteiger partial charge in [-0.1, -0.05) is 11.6 Å². The molecule has 7 heteroatoms. The van der Waals surface area contributed by atoms with Crippen molar-refractivity contribution in [3.63, 3.8) is 0 Å². The largest absolute Gasteiger partial charge is 0.496 e. The van der Waals surface area contributed by atoms with Crippen LogP contribution in [0.5, 0.6) is 17.2 Å². The Morgan fingerprint density at radius 1 is 0.880 bits per heavy atom. The van der Waals surface area contributed by atoms with Gasteiger partial charge in [0.1, 0.15) is 11.3 Å². The Kier molecular flexibility index (Phi) is 6.25. The first-order valence-electron chi connectivity index (χ1n) is 7.26. The van der Waals surface area contributed by atoms with Crippen molar-refractivity contribution < 1.29 is 28.5 Å². The summed E-state index contributed by atoms with van der Waals surface area (Å²) >= 11 is 5.88. The Balaban J connectivity index is 2.09. The lowest BCUT2D eigenvalue weighted by atomic mass is 10.1. The average Bonchev–Trinajstić information content (AvgIpc) is 2.65. The number of methoxy groups -OCH3 is 3. The van der Waals surface area contributed by atoms with E-state index in [1.807, 2.05) is 0 Å². The highest BCUT2D eigenvalue weighted by atomic mass is 35.5. The topological polar surface area (TPSA) is 71.1 Å². The lowest BCUT2D eigenvalue weighted by Gasteiger charge is -2.10. The monoisotopic (exact) mass is 364 g/mol. The summed E-state index contributed by atoms with van der Waals surface area (Å²) in [7, 11) is 4.39. The summed E-state index contributed by atoms with van der Waals surface area (Å²) in [6.07, 6.45) is 0. The van der Waals surface area contributed by atoms with E-state index in [4.69, 9.17) is 30.5 Å². The molecule has 0 aliphatic rings. The number of carbonyl (C=O) groups excluding carboxylic acids is 2. The third-order valence-electron chi connectivity index (χ3n) is 3.42. The van der Waals surface area contributed by atoms with E-state index in [2.05, 4.69) is 0 Å². The molecule has 0 bridgehead atoms. The van der Waals surface area contributed by atoms with Crippen LogP contribution in [-0.4, -0.2) is 39.7 Å². The number of rotatable bonds is 7. The first-order chi connectivity index (χ1) is 12.0. The molecule has 0 heterocycles. The molecule has 0 N–H and O–H groups in total. The van der Waals surface area contributed by atoms with E-state index in [0.717, 1.165) is 0 Å². The van der Waals surface area contributed by atoms with Crippen LogP contribution >= 0.6 is 11.6 Å². The minimum atomic E-state index is -0.701. The molecular formula is C18H17ClO6. The van der Waals surface area contributed by atoms with Gasteiger partial charge < -0.3 is 18.9 Å². The van der Waals surface area contributed by atoms with Crippen LogP contribution in [0.4, 0.5) is 0 Å². The third-order valence-corrected chi connectivity index (χ3v) is 3.66. The van der Waals surface area contributed by atoms with E-state index >= 15 is 0 Å². The summed E-state index contributed by atoms with van der Waals surface area (Å²) in [6.45, 7) is -0.427. The molecule has 132 valence electrons. The number of hydrogen-bond acceptors (Lipinski definition) is 6. The van der Waals surface area contributed by atoms with Crippen LogP contribution < -0.4 is 14.2 Å². The predicted octanol–water partition coefficient (Wildman–Crippen LogP) is 3.41. The second-order valence-corrected chi connectivity index (χ2v) is 5.35. The summed E-state index contributed by atoms with van der Waals surface area (Å²) in [6, 6.07) is 9.25. The Bertz CT molecular complexity index is 787. The number of carbonyl (C=O) groups is 2. The quantitative estimate of drug-likeness (QED) is 0.554. The molecule has 0 radical (unpaired) electrons. The highest BCUT2D eigenvalue weighted by Gasteiger charge is 2.17. The minimum absolute atomic E-state index is 0.148. The van der Waals surface area contributed by atoms with Gasteiger partial charge in [-0.05, 0) is 36.4 Å². The van der Waals surface area contributed by atoms with Gasteiger partial charge in [0, 0.05) is 10.6 Å². The molecule has 0 aromatic heterocycles. The SMILES string of the molecule is COc1ccc(C(=O)COC(=O)c2cc(Cl)ccc2OC)cc1OC. The van der Waals surface area contributed by atoms with Crippen LogP contribution in [0.1, 0.15) is 20.7 Å². The summed E-state index contributed by atoms with van der Waals surface area (Å²) in [5.41, 5.74) is 0.485. The second-order valence-electron chi connectivity index (χ2n) is 4.91. The maximum absolute atomic E-state index is 12.2. The molecule has 0 spiro atoms. The molecular weight excluding hydrogens is 348 g/mol. The number of halogens is 1. The maximum atomic E-state index is 12.2. The molecule has 6 nitrogen and oxygen atoms in total. The molecule has 0 atom stereocenters. The Labute approximate surface area is 150 Å². The van der Waals surface area contributed by atoms with Gasteiger partial charge in [-0.2, -0.15) is 0 Å². The Hall–Kier alpha value is -2.73. The van der Waals surface area contributed by atoms with Gasteiger partial charge in [0.15, 0.2) is 23.9 Å². The predicted molar refractivity (Wildman–Crippen MR) is 92.2 cm³/mol. The van der Waals surface area contributed by atoms with Crippen molar-refractivity contribution in [1.82, 2.24) is 0 Å². The van der Waals surface area contributed by atoms with Crippen LogP contribution in [0, 0.1) is 0 Å². The molecule has 2 rings (SSSR count). The number of esters is 1. The highest BCUT2D eigenvalue weighted by molar-refractivity contribution is 6.31. The van der Waals surface area contributed by atoms with Crippen LogP contribution in [0.25, 0.3) is 0 Å². The van der Waals surface area contributed by atoms with Crippen LogP contribution in [-0.2, 0) is 4.74 Å². The van der Waals surface area contributed by atoms with Gasteiger partial charge in [-0.15, -0.1) is 0 Å². The van der Waals surface area contributed by atoms with E-state index < -0.39 is 12.6 Å². The zero-order chi connectivity index (χ0) is 18.4. The van der Waals surface area contributed by atoms with Gasteiger partial charge in [0.05, 0.1) is 21.3 Å². The number of Topliss-reactive ketones (excluding diaryl/α,β-unsaturated/α-hetero) is 1. The van der Waals surface area contributed by atoms with Crippen molar-refractivity contribution in [2.24, 2.45) is 0 Å². The van der Waals surface area contributed by atoms with E-state index in [-0.39, 0.29) is 11.3 Å². The van der Waals surface area contributed by atoms with Crippen molar-refractivity contribution in [3.05, 3.63) is 52.5 Å². The van der Waals surface area contributed by atoms with Crippen LogP contribution in [0.15, 0.2) is 36.4 Å². The molecule has 25 heavy (non-hydrogen) atoms. The van der Waals surface area contributed by atoms with Crippen molar-refractivity contribution >= 4 is 23.4 Å². The lowest BCUT2D eigenvalue weighted by molar-refractivity contribution is 0.0471. The normalized spacial score (nSPS) is 10.1. The molecule has 0 aliphatic heterocycles. The fraction of sp³-hybridized carbons (Fsp3) is 0.222. The van der Waals surface area contributed by atoms with Gasteiger partial charge in [0.2, 0.25) is 0 Å². The number of ether oxygens (including phenoxy) is 4. The summed E-state index contributed by atoms with van der Waals surface area (Å²) in [5.74, 6) is 0.146.